The molecule has 1 atom stereocenters. The SMILES string of the molecule is Cc1ccnc2c1c(Cc1ccc(Cl)cc1)c1n2CCCC1CC(=O)O. The standard InChI is InChI=1S/C21H21ClN2O2/c1-13-8-9-23-21-19(13)17(11-14-4-6-16(22)7-5-14)20-15(12-18(25)26)3-2-10-24(20)21/h4-9,15H,2-3,10-12H2,1H3,(H,25,26). The van der Waals surface area contributed by atoms with Crippen LogP contribution < -0.4 is 0 Å². The zero-order valence-corrected chi connectivity index (χ0v) is 15.5. The predicted octanol–water partition coefficient (Wildman–Crippen LogP) is 4.94. The number of fused-ring (bicyclic) bond motifs is 3. The van der Waals surface area contributed by atoms with Gasteiger partial charge in [-0.3, -0.25) is 4.79 Å². The van der Waals surface area contributed by atoms with Crippen molar-refractivity contribution >= 4 is 28.6 Å². The summed E-state index contributed by atoms with van der Waals surface area (Å²) in [7, 11) is 0. The molecule has 0 fully saturated rings. The second-order valence-corrected chi connectivity index (χ2v) is 7.52. The summed E-state index contributed by atoms with van der Waals surface area (Å²) < 4.78 is 2.25. The lowest BCUT2D eigenvalue weighted by atomic mass is 9.88. The predicted molar refractivity (Wildman–Crippen MR) is 103 cm³/mol. The van der Waals surface area contributed by atoms with E-state index in [1.165, 1.54) is 22.1 Å². The lowest BCUT2D eigenvalue weighted by molar-refractivity contribution is -0.137. The number of halogens is 1. The first kappa shape index (κ1) is 17.1. The van der Waals surface area contributed by atoms with Gasteiger partial charge in [-0.15, -0.1) is 0 Å². The van der Waals surface area contributed by atoms with Crippen molar-refractivity contribution in [2.45, 2.75) is 45.1 Å². The van der Waals surface area contributed by atoms with Gasteiger partial charge < -0.3 is 9.67 Å². The fraction of sp³-hybridized carbons (Fsp3) is 0.333. The third-order valence-electron chi connectivity index (χ3n) is 5.33. The van der Waals surface area contributed by atoms with Crippen LogP contribution in [0, 0.1) is 6.92 Å². The van der Waals surface area contributed by atoms with E-state index in [1.54, 1.807) is 0 Å². The van der Waals surface area contributed by atoms with Crippen LogP contribution in [0.15, 0.2) is 36.5 Å². The van der Waals surface area contributed by atoms with Crippen molar-refractivity contribution in [1.82, 2.24) is 9.55 Å². The molecule has 4 nitrogen and oxygen atoms in total. The van der Waals surface area contributed by atoms with Gasteiger partial charge in [0.2, 0.25) is 0 Å². The summed E-state index contributed by atoms with van der Waals surface area (Å²) in [4.78, 5) is 16.1. The molecule has 0 spiro atoms. The van der Waals surface area contributed by atoms with Crippen molar-refractivity contribution in [2.24, 2.45) is 0 Å². The number of carboxylic acid groups (broad SMARTS) is 1. The third-order valence-corrected chi connectivity index (χ3v) is 5.58. The molecule has 26 heavy (non-hydrogen) atoms. The molecule has 3 heterocycles. The van der Waals surface area contributed by atoms with Gasteiger partial charge in [0.05, 0.1) is 6.42 Å². The number of rotatable bonds is 4. The van der Waals surface area contributed by atoms with E-state index >= 15 is 0 Å². The lowest BCUT2D eigenvalue weighted by Gasteiger charge is -2.25. The Morgan fingerprint density at radius 3 is 2.81 bits per heavy atom. The Balaban J connectivity index is 1.91. The highest BCUT2D eigenvalue weighted by Crippen LogP contribution is 2.40. The Labute approximate surface area is 157 Å². The Morgan fingerprint density at radius 1 is 1.31 bits per heavy atom. The fourth-order valence-corrected chi connectivity index (χ4v) is 4.37. The van der Waals surface area contributed by atoms with Gasteiger partial charge in [0.25, 0.3) is 0 Å². The molecule has 0 aliphatic carbocycles. The molecular weight excluding hydrogens is 348 g/mol. The Hall–Kier alpha value is -2.33. The monoisotopic (exact) mass is 368 g/mol. The molecule has 5 heteroatoms. The van der Waals surface area contributed by atoms with Gasteiger partial charge in [0, 0.05) is 34.8 Å². The zero-order valence-electron chi connectivity index (χ0n) is 14.7. The molecule has 0 bridgehead atoms. The summed E-state index contributed by atoms with van der Waals surface area (Å²) in [5.74, 6) is -0.701. The van der Waals surface area contributed by atoms with Gasteiger partial charge in [0.1, 0.15) is 5.65 Å². The maximum absolute atomic E-state index is 11.4. The van der Waals surface area contributed by atoms with Gasteiger partial charge >= 0.3 is 5.97 Å². The minimum Gasteiger partial charge on any atom is -0.481 e. The van der Waals surface area contributed by atoms with Crippen LogP contribution in [-0.4, -0.2) is 20.6 Å². The zero-order chi connectivity index (χ0) is 18.3. The van der Waals surface area contributed by atoms with Crippen molar-refractivity contribution in [3.8, 4) is 0 Å². The van der Waals surface area contributed by atoms with Gasteiger partial charge in [-0.25, -0.2) is 4.98 Å². The summed E-state index contributed by atoms with van der Waals surface area (Å²) in [5, 5.41) is 11.3. The summed E-state index contributed by atoms with van der Waals surface area (Å²) >= 11 is 6.03. The maximum Gasteiger partial charge on any atom is 0.304 e. The Morgan fingerprint density at radius 2 is 2.08 bits per heavy atom. The van der Waals surface area contributed by atoms with Crippen molar-refractivity contribution in [3.63, 3.8) is 0 Å². The summed E-state index contributed by atoms with van der Waals surface area (Å²) in [6.07, 6.45) is 4.68. The molecular formula is C21H21ClN2O2. The van der Waals surface area contributed by atoms with Crippen LogP contribution in [0.2, 0.25) is 5.02 Å². The van der Waals surface area contributed by atoms with E-state index in [4.69, 9.17) is 11.6 Å². The van der Waals surface area contributed by atoms with Crippen LogP contribution in [0.4, 0.5) is 0 Å². The summed E-state index contributed by atoms with van der Waals surface area (Å²) in [6, 6.07) is 9.92. The minimum atomic E-state index is -0.740. The van der Waals surface area contributed by atoms with Crippen LogP contribution in [0.25, 0.3) is 11.0 Å². The number of carboxylic acids is 1. The highest BCUT2D eigenvalue weighted by molar-refractivity contribution is 6.30. The van der Waals surface area contributed by atoms with Crippen LogP contribution in [0.3, 0.4) is 0 Å². The molecule has 1 aliphatic rings. The van der Waals surface area contributed by atoms with E-state index in [0.717, 1.165) is 42.2 Å². The average molecular weight is 369 g/mol. The van der Waals surface area contributed by atoms with E-state index in [-0.39, 0.29) is 12.3 Å². The molecule has 1 N–H and O–H groups in total. The van der Waals surface area contributed by atoms with E-state index < -0.39 is 5.97 Å². The quantitative estimate of drug-likeness (QED) is 0.709. The normalized spacial score (nSPS) is 16.6. The number of pyridine rings is 1. The van der Waals surface area contributed by atoms with E-state index in [1.807, 2.05) is 36.5 Å². The topological polar surface area (TPSA) is 55.1 Å². The van der Waals surface area contributed by atoms with Crippen molar-refractivity contribution in [2.75, 3.05) is 0 Å². The number of hydrogen-bond acceptors (Lipinski definition) is 2. The molecule has 1 aliphatic heterocycles. The van der Waals surface area contributed by atoms with Crippen molar-refractivity contribution in [1.29, 1.82) is 0 Å². The van der Waals surface area contributed by atoms with E-state index in [0.29, 0.717) is 0 Å². The van der Waals surface area contributed by atoms with Crippen LogP contribution in [-0.2, 0) is 17.8 Å². The van der Waals surface area contributed by atoms with Gasteiger partial charge in [-0.05, 0) is 61.1 Å². The molecule has 0 saturated heterocycles. The van der Waals surface area contributed by atoms with Crippen LogP contribution in [0.1, 0.15) is 47.6 Å². The van der Waals surface area contributed by atoms with Gasteiger partial charge in [-0.1, -0.05) is 23.7 Å². The second kappa shape index (κ2) is 6.76. The molecule has 0 amide bonds. The Kier molecular flexibility index (Phi) is 4.45. The van der Waals surface area contributed by atoms with Gasteiger partial charge in [-0.2, -0.15) is 0 Å². The smallest absolute Gasteiger partial charge is 0.304 e. The molecule has 134 valence electrons. The lowest BCUT2D eigenvalue weighted by Crippen LogP contribution is -2.19. The number of aryl methyl sites for hydroxylation is 2. The Bertz CT molecular complexity index is 976. The number of carbonyl (C=O) groups is 1. The molecule has 4 rings (SSSR count). The second-order valence-electron chi connectivity index (χ2n) is 7.08. The first-order valence-corrected chi connectivity index (χ1v) is 9.35. The summed E-state index contributed by atoms with van der Waals surface area (Å²) in [6.45, 7) is 3.01. The number of nitrogens with zero attached hydrogens (tertiary/aromatic N) is 2. The number of aromatic nitrogens is 2. The third kappa shape index (κ3) is 2.99. The maximum atomic E-state index is 11.4. The molecule has 1 unspecified atom stereocenters. The highest BCUT2D eigenvalue weighted by Gasteiger charge is 2.30. The van der Waals surface area contributed by atoms with Crippen molar-refractivity contribution < 1.29 is 9.90 Å². The van der Waals surface area contributed by atoms with Crippen LogP contribution in [0.5, 0.6) is 0 Å². The van der Waals surface area contributed by atoms with Gasteiger partial charge in [0.15, 0.2) is 0 Å². The van der Waals surface area contributed by atoms with E-state index in [2.05, 4.69) is 16.5 Å². The first-order valence-electron chi connectivity index (χ1n) is 8.97. The van der Waals surface area contributed by atoms with Crippen molar-refractivity contribution in [3.05, 3.63) is 63.9 Å². The molecule has 2 aromatic heterocycles. The number of hydrogen-bond donors (Lipinski definition) is 1. The molecule has 3 aromatic rings. The molecule has 0 radical (unpaired) electrons. The molecule has 1 aromatic carbocycles. The van der Waals surface area contributed by atoms with E-state index in [9.17, 15) is 9.90 Å². The van der Waals surface area contributed by atoms with Crippen LogP contribution >= 0.6 is 11.6 Å². The number of aliphatic carboxylic acids is 1. The average Bonchev–Trinajstić information content (AvgIpc) is 2.93. The molecule has 0 saturated carbocycles. The number of benzene rings is 1. The fourth-order valence-electron chi connectivity index (χ4n) is 4.25. The first-order chi connectivity index (χ1) is 12.5. The highest BCUT2D eigenvalue weighted by atomic mass is 35.5. The largest absolute Gasteiger partial charge is 0.481 e. The minimum absolute atomic E-state index is 0.0390. The summed E-state index contributed by atoms with van der Waals surface area (Å²) in [5.41, 5.74) is 5.73.